The van der Waals surface area contributed by atoms with Gasteiger partial charge in [-0.15, -0.1) is 0 Å². The van der Waals surface area contributed by atoms with Crippen LogP contribution < -0.4 is 20.5 Å². The van der Waals surface area contributed by atoms with Gasteiger partial charge in [0, 0.05) is 12.6 Å². The van der Waals surface area contributed by atoms with Crippen molar-refractivity contribution >= 4 is 0 Å². The van der Waals surface area contributed by atoms with E-state index in [0.29, 0.717) is 36.9 Å². The van der Waals surface area contributed by atoms with Crippen LogP contribution in [0.25, 0.3) is 0 Å². The fraction of sp³-hybridized carbons (Fsp3) is 0.438. The Hall–Kier alpha value is -3.09. The lowest BCUT2D eigenvalue weighted by atomic mass is 9.77. The minimum absolute atomic E-state index is 0.196. The van der Waals surface area contributed by atoms with E-state index < -0.39 is 0 Å². The average molecular weight is 519 g/mol. The van der Waals surface area contributed by atoms with Crippen molar-refractivity contribution in [3.05, 3.63) is 88.2 Å². The number of phenols is 1. The van der Waals surface area contributed by atoms with Crippen LogP contribution in [0.5, 0.6) is 17.2 Å². The quantitative estimate of drug-likeness (QED) is 0.263. The van der Waals surface area contributed by atoms with E-state index in [1.807, 2.05) is 24.3 Å². The standard InChI is InChI=1S/C32H39FN2O3/c1-37-27-10-11-28(25-7-6-24-18-26(36)9-8-23(24)17-25)29(19-27)31(34)12-4-21-5-13-32(30(33)16-21)38-15-14-35-20-22-2-3-22/h5,8-11,13,16,18-19,22,25,31,35-36H,2-4,6-7,12,14-15,17,20,34H2,1H3. The number of aryl methyl sites for hydroxylation is 2. The smallest absolute Gasteiger partial charge is 0.165 e. The number of fused-ring (bicyclic) bond motifs is 1. The van der Waals surface area contributed by atoms with Crippen LogP contribution in [0.2, 0.25) is 0 Å². The van der Waals surface area contributed by atoms with Crippen molar-refractivity contribution in [2.75, 3.05) is 26.8 Å². The van der Waals surface area contributed by atoms with Crippen molar-refractivity contribution < 1.29 is 19.0 Å². The molecule has 38 heavy (non-hydrogen) atoms. The van der Waals surface area contributed by atoms with Crippen molar-refractivity contribution in [1.82, 2.24) is 5.32 Å². The summed E-state index contributed by atoms with van der Waals surface area (Å²) in [6.45, 7) is 2.21. The molecule has 2 aliphatic rings. The third-order valence-electron chi connectivity index (χ3n) is 7.96. The molecule has 202 valence electrons. The van der Waals surface area contributed by atoms with Crippen LogP contribution in [0.15, 0.2) is 54.6 Å². The van der Waals surface area contributed by atoms with E-state index >= 15 is 0 Å². The van der Waals surface area contributed by atoms with E-state index in [9.17, 15) is 9.50 Å². The molecule has 5 rings (SSSR count). The summed E-state index contributed by atoms with van der Waals surface area (Å²) < 4.78 is 25.8. The number of benzene rings is 3. The zero-order chi connectivity index (χ0) is 26.5. The molecule has 0 aromatic heterocycles. The number of halogens is 1. The first-order valence-corrected chi connectivity index (χ1v) is 13.9. The first-order valence-electron chi connectivity index (χ1n) is 13.9. The van der Waals surface area contributed by atoms with E-state index in [-0.39, 0.29) is 11.9 Å². The average Bonchev–Trinajstić information content (AvgIpc) is 3.76. The molecule has 2 unspecified atom stereocenters. The van der Waals surface area contributed by atoms with E-state index in [0.717, 1.165) is 55.1 Å². The van der Waals surface area contributed by atoms with Gasteiger partial charge in [0.25, 0.3) is 0 Å². The lowest BCUT2D eigenvalue weighted by molar-refractivity contribution is 0.298. The first-order chi connectivity index (χ1) is 18.5. The highest BCUT2D eigenvalue weighted by molar-refractivity contribution is 5.44. The third-order valence-corrected chi connectivity index (χ3v) is 7.96. The van der Waals surface area contributed by atoms with Crippen LogP contribution in [0.3, 0.4) is 0 Å². The molecule has 0 bridgehead atoms. The summed E-state index contributed by atoms with van der Waals surface area (Å²) in [7, 11) is 1.67. The normalized spacial score (nSPS) is 17.6. The number of hydrogen-bond donors (Lipinski definition) is 3. The van der Waals surface area contributed by atoms with Gasteiger partial charge >= 0.3 is 0 Å². The van der Waals surface area contributed by atoms with Crippen LogP contribution in [-0.2, 0) is 19.3 Å². The lowest BCUT2D eigenvalue weighted by Crippen LogP contribution is -2.23. The molecule has 4 N–H and O–H groups in total. The van der Waals surface area contributed by atoms with Crippen LogP contribution in [0.4, 0.5) is 4.39 Å². The molecule has 0 saturated heterocycles. The van der Waals surface area contributed by atoms with Crippen molar-refractivity contribution in [3.63, 3.8) is 0 Å². The fourth-order valence-electron chi connectivity index (χ4n) is 5.54. The number of hydrogen-bond acceptors (Lipinski definition) is 5. The molecule has 3 aromatic carbocycles. The van der Waals surface area contributed by atoms with Gasteiger partial charge in [-0.1, -0.05) is 18.2 Å². The molecule has 0 aliphatic heterocycles. The van der Waals surface area contributed by atoms with Gasteiger partial charge in [0.15, 0.2) is 11.6 Å². The van der Waals surface area contributed by atoms with Gasteiger partial charge in [-0.25, -0.2) is 4.39 Å². The molecular weight excluding hydrogens is 479 g/mol. The number of rotatable bonds is 12. The Balaban J connectivity index is 1.21. The number of phenolic OH excluding ortho intramolecular Hbond substituents is 1. The zero-order valence-electron chi connectivity index (χ0n) is 22.2. The second kappa shape index (κ2) is 12.2. The number of aromatic hydroxyl groups is 1. The molecule has 1 saturated carbocycles. The molecule has 3 aromatic rings. The molecule has 0 spiro atoms. The predicted molar refractivity (Wildman–Crippen MR) is 149 cm³/mol. The van der Waals surface area contributed by atoms with Gasteiger partial charge in [0.2, 0.25) is 0 Å². The third kappa shape index (κ3) is 6.66. The summed E-state index contributed by atoms with van der Waals surface area (Å²) in [6.07, 6.45) is 6.85. The molecule has 0 heterocycles. The largest absolute Gasteiger partial charge is 0.508 e. The Bertz CT molecular complexity index is 1240. The Morgan fingerprint density at radius 1 is 1.05 bits per heavy atom. The van der Waals surface area contributed by atoms with Gasteiger partial charge in [-0.2, -0.15) is 0 Å². The van der Waals surface area contributed by atoms with Crippen LogP contribution in [0.1, 0.15) is 65.5 Å². The number of ether oxygens (including phenoxy) is 2. The van der Waals surface area contributed by atoms with Crippen molar-refractivity contribution in [2.45, 2.75) is 56.9 Å². The highest BCUT2D eigenvalue weighted by Gasteiger charge is 2.25. The maximum absolute atomic E-state index is 14.7. The topological polar surface area (TPSA) is 76.7 Å². The predicted octanol–water partition coefficient (Wildman–Crippen LogP) is 5.82. The van der Waals surface area contributed by atoms with Crippen LogP contribution >= 0.6 is 0 Å². The molecule has 0 radical (unpaired) electrons. The Morgan fingerprint density at radius 2 is 1.92 bits per heavy atom. The Morgan fingerprint density at radius 3 is 2.71 bits per heavy atom. The Labute approximate surface area is 225 Å². The second-order valence-electron chi connectivity index (χ2n) is 10.8. The van der Waals surface area contributed by atoms with Gasteiger partial charge in [-0.05, 0) is 128 Å². The van der Waals surface area contributed by atoms with Crippen molar-refractivity contribution in [2.24, 2.45) is 11.7 Å². The van der Waals surface area contributed by atoms with E-state index in [1.54, 1.807) is 25.3 Å². The van der Waals surface area contributed by atoms with Crippen molar-refractivity contribution in [3.8, 4) is 17.2 Å². The molecule has 5 nitrogen and oxygen atoms in total. The van der Waals surface area contributed by atoms with Gasteiger partial charge in [-0.3, -0.25) is 0 Å². The monoisotopic (exact) mass is 518 g/mol. The summed E-state index contributed by atoms with van der Waals surface area (Å²) >= 11 is 0. The maximum Gasteiger partial charge on any atom is 0.165 e. The molecule has 0 amide bonds. The minimum Gasteiger partial charge on any atom is -0.508 e. The van der Waals surface area contributed by atoms with Crippen molar-refractivity contribution in [1.29, 1.82) is 0 Å². The number of methoxy groups -OCH3 is 1. The van der Waals surface area contributed by atoms with Crippen LogP contribution in [0, 0.1) is 11.7 Å². The second-order valence-corrected chi connectivity index (χ2v) is 10.8. The maximum atomic E-state index is 14.7. The number of nitrogens with one attached hydrogen (secondary N) is 1. The first kappa shape index (κ1) is 26.5. The highest BCUT2D eigenvalue weighted by Crippen LogP contribution is 2.38. The summed E-state index contributed by atoms with van der Waals surface area (Å²) in [5.74, 6) is 2.26. The van der Waals surface area contributed by atoms with Gasteiger partial charge in [0.05, 0.1) is 7.11 Å². The molecule has 1 fully saturated rings. The summed E-state index contributed by atoms with van der Waals surface area (Å²) in [5.41, 5.74) is 12.5. The SMILES string of the molecule is COc1ccc(C2CCc3cc(O)ccc3C2)c(C(N)CCc2ccc(OCCNCC3CC3)c(F)c2)c1. The molecule has 2 aliphatic carbocycles. The molecule has 2 atom stereocenters. The Kier molecular flexibility index (Phi) is 8.50. The van der Waals surface area contributed by atoms with E-state index in [4.69, 9.17) is 15.2 Å². The molecular formula is C32H39FN2O3. The summed E-state index contributed by atoms with van der Waals surface area (Å²) in [5, 5.41) is 13.2. The fourth-order valence-corrected chi connectivity index (χ4v) is 5.54. The van der Waals surface area contributed by atoms with Gasteiger partial charge in [0.1, 0.15) is 18.1 Å². The highest BCUT2D eigenvalue weighted by atomic mass is 19.1. The van der Waals surface area contributed by atoms with Crippen LogP contribution in [-0.4, -0.2) is 31.9 Å². The van der Waals surface area contributed by atoms with E-state index in [1.165, 1.54) is 29.5 Å². The zero-order valence-corrected chi connectivity index (χ0v) is 22.2. The minimum atomic E-state index is -0.327. The lowest BCUT2D eigenvalue weighted by Gasteiger charge is -2.28. The summed E-state index contributed by atoms with van der Waals surface area (Å²) in [4.78, 5) is 0. The molecule has 6 heteroatoms. The van der Waals surface area contributed by atoms with E-state index in [2.05, 4.69) is 17.4 Å². The van der Waals surface area contributed by atoms with Gasteiger partial charge < -0.3 is 25.6 Å². The summed E-state index contributed by atoms with van der Waals surface area (Å²) in [6, 6.07) is 16.9. The number of nitrogens with two attached hydrogens (primary N) is 1.